The number of carbonyl (C=O) groups is 1. The summed E-state index contributed by atoms with van der Waals surface area (Å²) in [5.74, 6) is 0.608. The molecule has 0 radical (unpaired) electrons. The highest BCUT2D eigenvalue weighted by Crippen LogP contribution is 2.13. The average molecular weight is 567 g/mol. The number of nitrogens with zero attached hydrogens (tertiary/aromatic N) is 1. The van der Waals surface area contributed by atoms with Crippen LogP contribution in [0.3, 0.4) is 0 Å². The molecule has 4 rings (SSSR count). The topological polar surface area (TPSA) is 107 Å². The highest BCUT2D eigenvalue weighted by atomic mass is 16.5. The SMILES string of the molecule is CN(C)CCCOc1ccc(/C=c2\[nH]c(=O)/c(=C/c3ccc(C(=O)NCCCCc4ccccc4)cc3)[nH]c2=O)cc1. The van der Waals surface area contributed by atoms with Crippen molar-refractivity contribution in [3.63, 3.8) is 0 Å². The van der Waals surface area contributed by atoms with E-state index in [4.69, 9.17) is 4.74 Å². The summed E-state index contributed by atoms with van der Waals surface area (Å²) < 4.78 is 5.74. The standard InChI is InChI=1S/C34H38N4O4/c1-38(2)21-8-22-42-29-18-14-27(15-19-29)24-31-34(41)36-30(33(40)37-31)23-26-12-16-28(17-13-26)32(39)35-20-7-6-11-25-9-4-3-5-10-25/h3-5,9-10,12-19,23-24H,6-8,11,20-22H2,1-2H3,(H,35,39)(H,36,41)(H,37,40)/b30-23-,31-24-. The van der Waals surface area contributed by atoms with Crippen molar-refractivity contribution in [3.8, 4) is 5.75 Å². The number of benzene rings is 3. The third kappa shape index (κ3) is 9.45. The minimum Gasteiger partial charge on any atom is -0.494 e. The molecule has 218 valence electrons. The van der Waals surface area contributed by atoms with E-state index in [9.17, 15) is 14.4 Å². The molecule has 0 spiro atoms. The zero-order chi connectivity index (χ0) is 29.7. The second-order valence-corrected chi connectivity index (χ2v) is 10.4. The summed E-state index contributed by atoms with van der Waals surface area (Å²) in [6, 6.07) is 24.5. The Kier molecular flexibility index (Phi) is 11.1. The van der Waals surface area contributed by atoms with Gasteiger partial charge in [-0.05, 0) is 92.9 Å². The zero-order valence-corrected chi connectivity index (χ0v) is 24.2. The lowest BCUT2D eigenvalue weighted by molar-refractivity contribution is 0.0953. The van der Waals surface area contributed by atoms with Crippen LogP contribution >= 0.6 is 0 Å². The number of hydrogen-bond donors (Lipinski definition) is 3. The number of aromatic nitrogens is 2. The maximum absolute atomic E-state index is 12.7. The molecule has 1 heterocycles. The number of carbonyl (C=O) groups excluding carboxylic acids is 1. The van der Waals surface area contributed by atoms with Gasteiger partial charge in [0.2, 0.25) is 0 Å². The van der Waals surface area contributed by atoms with Crippen molar-refractivity contribution in [3.05, 3.63) is 133 Å². The first-order valence-corrected chi connectivity index (χ1v) is 14.2. The van der Waals surface area contributed by atoms with Gasteiger partial charge in [-0.15, -0.1) is 0 Å². The molecule has 3 N–H and O–H groups in total. The van der Waals surface area contributed by atoms with Crippen molar-refractivity contribution in [1.82, 2.24) is 20.2 Å². The molecule has 1 aromatic heterocycles. The maximum atomic E-state index is 12.7. The van der Waals surface area contributed by atoms with E-state index in [1.807, 2.05) is 56.6 Å². The van der Waals surface area contributed by atoms with Gasteiger partial charge in [-0.3, -0.25) is 14.4 Å². The fourth-order valence-electron chi connectivity index (χ4n) is 4.39. The van der Waals surface area contributed by atoms with Crippen molar-refractivity contribution in [1.29, 1.82) is 0 Å². The van der Waals surface area contributed by atoms with Crippen molar-refractivity contribution in [2.45, 2.75) is 25.7 Å². The van der Waals surface area contributed by atoms with Crippen LogP contribution in [0.1, 0.15) is 46.3 Å². The Balaban J connectivity index is 1.34. The first kappa shape index (κ1) is 30.3. The molecule has 0 aliphatic heterocycles. The predicted molar refractivity (Wildman–Crippen MR) is 167 cm³/mol. The highest BCUT2D eigenvalue weighted by molar-refractivity contribution is 5.94. The quantitative estimate of drug-likeness (QED) is 0.216. The molecule has 0 atom stereocenters. The van der Waals surface area contributed by atoms with Gasteiger partial charge in [0.15, 0.2) is 0 Å². The summed E-state index contributed by atoms with van der Waals surface area (Å²) in [4.78, 5) is 45.3. The normalized spacial score (nSPS) is 12.1. The van der Waals surface area contributed by atoms with Gasteiger partial charge < -0.3 is 24.9 Å². The number of aromatic amines is 2. The number of nitrogens with one attached hydrogen (secondary N) is 3. The number of hydrogen-bond acceptors (Lipinski definition) is 5. The van der Waals surface area contributed by atoms with Gasteiger partial charge in [0.1, 0.15) is 16.4 Å². The molecule has 8 nitrogen and oxygen atoms in total. The second-order valence-electron chi connectivity index (χ2n) is 10.4. The largest absolute Gasteiger partial charge is 0.494 e. The summed E-state index contributed by atoms with van der Waals surface area (Å²) in [6.07, 6.45) is 7.01. The maximum Gasteiger partial charge on any atom is 0.272 e. The van der Waals surface area contributed by atoms with Crippen LogP contribution in [-0.2, 0) is 6.42 Å². The molecule has 42 heavy (non-hydrogen) atoms. The smallest absolute Gasteiger partial charge is 0.272 e. The lowest BCUT2D eigenvalue weighted by Crippen LogP contribution is -2.46. The predicted octanol–water partition coefficient (Wildman–Crippen LogP) is 2.80. The molecule has 1 amide bonds. The van der Waals surface area contributed by atoms with Crippen molar-refractivity contribution < 1.29 is 9.53 Å². The Morgan fingerprint density at radius 1 is 0.786 bits per heavy atom. The van der Waals surface area contributed by atoms with Crippen LogP contribution in [0.5, 0.6) is 5.75 Å². The molecular formula is C34H38N4O4. The lowest BCUT2D eigenvalue weighted by Gasteiger charge is -2.10. The van der Waals surface area contributed by atoms with Gasteiger partial charge in [-0.1, -0.05) is 54.6 Å². The van der Waals surface area contributed by atoms with E-state index in [0.29, 0.717) is 24.3 Å². The fraction of sp³-hybridized carbons (Fsp3) is 0.265. The highest BCUT2D eigenvalue weighted by Gasteiger charge is 2.05. The van der Waals surface area contributed by atoms with Crippen molar-refractivity contribution in [2.75, 3.05) is 33.8 Å². The summed E-state index contributed by atoms with van der Waals surface area (Å²) in [5, 5.41) is 3.24. The number of amides is 1. The zero-order valence-electron chi connectivity index (χ0n) is 24.2. The number of unbranched alkanes of at least 4 members (excludes halogenated alkanes) is 1. The second kappa shape index (κ2) is 15.3. The molecule has 3 aromatic carbocycles. The molecule has 4 aromatic rings. The van der Waals surface area contributed by atoms with E-state index in [2.05, 4.69) is 32.3 Å². The molecule has 0 aliphatic rings. The average Bonchev–Trinajstić information content (AvgIpc) is 2.99. The van der Waals surface area contributed by atoms with E-state index in [-0.39, 0.29) is 16.6 Å². The van der Waals surface area contributed by atoms with Gasteiger partial charge in [0.05, 0.1) is 6.61 Å². The van der Waals surface area contributed by atoms with Crippen LogP contribution in [0.2, 0.25) is 0 Å². The number of ether oxygens (including phenoxy) is 1. The van der Waals surface area contributed by atoms with Gasteiger partial charge >= 0.3 is 0 Å². The summed E-state index contributed by atoms with van der Waals surface area (Å²) in [6.45, 7) is 2.18. The summed E-state index contributed by atoms with van der Waals surface area (Å²) in [7, 11) is 4.05. The third-order valence-electron chi connectivity index (χ3n) is 6.70. The lowest BCUT2D eigenvalue weighted by atomic mass is 10.1. The third-order valence-corrected chi connectivity index (χ3v) is 6.70. The molecule has 0 saturated carbocycles. The Bertz CT molecular complexity index is 1670. The van der Waals surface area contributed by atoms with E-state index >= 15 is 0 Å². The van der Waals surface area contributed by atoms with E-state index in [1.54, 1.807) is 36.4 Å². The molecule has 0 unspecified atom stereocenters. The summed E-state index contributed by atoms with van der Waals surface area (Å²) >= 11 is 0. The van der Waals surface area contributed by atoms with Gasteiger partial charge in [0, 0.05) is 18.7 Å². The minimum absolute atomic E-state index is 0.134. The fourth-order valence-corrected chi connectivity index (χ4v) is 4.39. The molecule has 8 heteroatoms. The number of aryl methyl sites for hydroxylation is 1. The number of rotatable bonds is 13. The number of H-pyrrole nitrogens is 2. The molecular weight excluding hydrogens is 528 g/mol. The van der Waals surface area contributed by atoms with E-state index in [1.165, 1.54) is 5.56 Å². The molecule has 0 fully saturated rings. The first-order chi connectivity index (χ1) is 20.4. The molecule has 0 bridgehead atoms. The Labute approximate surface area is 245 Å². The summed E-state index contributed by atoms with van der Waals surface area (Å²) in [5.41, 5.74) is 2.46. The minimum atomic E-state index is -0.418. The van der Waals surface area contributed by atoms with Crippen LogP contribution in [0.25, 0.3) is 12.2 Å². The Morgan fingerprint density at radius 3 is 1.98 bits per heavy atom. The van der Waals surface area contributed by atoms with Crippen molar-refractivity contribution in [2.24, 2.45) is 0 Å². The molecule has 0 aliphatic carbocycles. The van der Waals surface area contributed by atoms with Crippen LogP contribution in [0.15, 0.2) is 88.5 Å². The van der Waals surface area contributed by atoms with Gasteiger partial charge in [0.25, 0.3) is 17.0 Å². The Hall–Kier alpha value is -4.69. The molecule has 0 saturated heterocycles. The van der Waals surface area contributed by atoms with Crippen LogP contribution in [0.4, 0.5) is 0 Å². The van der Waals surface area contributed by atoms with Crippen molar-refractivity contribution >= 4 is 18.1 Å². The van der Waals surface area contributed by atoms with Gasteiger partial charge in [-0.25, -0.2) is 0 Å². The Morgan fingerprint density at radius 2 is 1.38 bits per heavy atom. The van der Waals surface area contributed by atoms with Gasteiger partial charge in [-0.2, -0.15) is 0 Å². The van der Waals surface area contributed by atoms with Crippen LogP contribution in [0, 0.1) is 0 Å². The van der Waals surface area contributed by atoms with E-state index in [0.717, 1.165) is 43.5 Å². The van der Waals surface area contributed by atoms with Crippen LogP contribution in [-0.4, -0.2) is 54.6 Å². The monoisotopic (exact) mass is 566 g/mol. The van der Waals surface area contributed by atoms with E-state index < -0.39 is 11.1 Å². The first-order valence-electron chi connectivity index (χ1n) is 14.2. The van der Waals surface area contributed by atoms with Crippen LogP contribution < -0.4 is 31.9 Å².